The van der Waals surface area contributed by atoms with Gasteiger partial charge in [0.2, 0.25) is 0 Å². The molecule has 0 N–H and O–H groups in total. The average Bonchev–Trinajstić information content (AvgIpc) is 2.56. The van der Waals surface area contributed by atoms with Crippen LogP contribution in [0.1, 0.15) is 70.8 Å². The van der Waals surface area contributed by atoms with E-state index in [-0.39, 0.29) is 0 Å². The summed E-state index contributed by atoms with van der Waals surface area (Å²) in [5, 5.41) is 2.57. The van der Waals surface area contributed by atoms with Gasteiger partial charge in [-0.1, -0.05) is 102 Å². The molecule has 1 unspecified atom stereocenters. The van der Waals surface area contributed by atoms with Crippen LogP contribution in [-0.2, 0) is 6.42 Å². The summed E-state index contributed by atoms with van der Waals surface area (Å²) in [5.74, 6) is 0.842. The summed E-state index contributed by atoms with van der Waals surface area (Å²) in [6, 6.07) is 16.8. The fourth-order valence-corrected chi connectivity index (χ4v) is 3.29. The summed E-state index contributed by atoms with van der Waals surface area (Å²) < 4.78 is 0. The molecule has 1 atom stereocenters. The Morgan fingerprint density at radius 2 is 1.59 bits per heavy atom. The Labute approximate surface area is 136 Å². The normalized spacial score (nSPS) is 12.6. The molecule has 0 amide bonds. The second kappa shape index (κ2) is 9.66. The van der Waals surface area contributed by atoms with E-state index in [0.29, 0.717) is 0 Å². The number of benzene rings is 2. The molecule has 0 aromatic heterocycles. The molecule has 119 valence electrons. The lowest BCUT2D eigenvalue weighted by Gasteiger charge is -2.17. The Hall–Kier alpha value is -1.30. The highest BCUT2D eigenvalue weighted by Gasteiger charge is 2.10. The van der Waals surface area contributed by atoms with Gasteiger partial charge in [0.1, 0.15) is 0 Å². The maximum Gasteiger partial charge on any atom is -0.00642 e. The minimum absolute atomic E-state index is 0.842. The van der Waals surface area contributed by atoms with Gasteiger partial charge in [0.05, 0.1) is 0 Å². The largest absolute Gasteiger partial charge is 0.0654 e. The van der Waals surface area contributed by atoms with Crippen molar-refractivity contribution in [2.45, 2.75) is 71.6 Å². The molecule has 2 aromatic carbocycles. The van der Waals surface area contributed by atoms with E-state index >= 15 is 0 Å². The van der Waals surface area contributed by atoms with Crippen LogP contribution in [0.2, 0.25) is 0 Å². The molecule has 0 saturated carbocycles. The molecule has 0 fully saturated rings. The van der Waals surface area contributed by atoms with E-state index < -0.39 is 0 Å². The number of rotatable bonds is 10. The molecule has 0 saturated heterocycles. The van der Waals surface area contributed by atoms with Gasteiger partial charge in [0.25, 0.3) is 0 Å². The van der Waals surface area contributed by atoms with E-state index in [1.165, 1.54) is 74.1 Å². The number of fused-ring (bicyclic) bond motifs is 1. The average molecular weight is 295 g/mol. The van der Waals surface area contributed by atoms with Gasteiger partial charge in [-0.3, -0.25) is 0 Å². The third kappa shape index (κ3) is 5.48. The first kappa shape index (κ1) is 17.1. The maximum atomic E-state index is 3.64. The Morgan fingerprint density at radius 3 is 2.41 bits per heavy atom. The third-order valence-corrected chi connectivity index (χ3v) is 4.66. The highest BCUT2D eigenvalue weighted by Crippen LogP contribution is 2.23. The smallest absolute Gasteiger partial charge is 0.00642 e. The van der Waals surface area contributed by atoms with Crippen LogP contribution in [0.3, 0.4) is 0 Å². The highest BCUT2D eigenvalue weighted by molar-refractivity contribution is 5.82. The van der Waals surface area contributed by atoms with Gasteiger partial charge in [0.15, 0.2) is 0 Å². The van der Waals surface area contributed by atoms with Crippen LogP contribution in [0.4, 0.5) is 0 Å². The Morgan fingerprint density at radius 1 is 0.818 bits per heavy atom. The minimum Gasteiger partial charge on any atom is -0.0654 e. The summed E-state index contributed by atoms with van der Waals surface area (Å²) in [7, 11) is 0. The summed E-state index contributed by atoms with van der Waals surface area (Å²) in [6.45, 7) is 4.59. The van der Waals surface area contributed by atoms with Crippen LogP contribution in [0.5, 0.6) is 0 Å². The number of hydrogen-bond acceptors (Lipinski definition) is 0. The standard InChI is InChI=1S/C22H31/c1-3-5-7-8-12-19(11-6-4-2)17-20-15-16-21-13-9-10-14-22(21)18-20/h9-10,13-16,19H,3-8,11-12,17H2,1-2H3. The quantitative estimate of drug-likeness (QED) is 0.416. The predicted octanol–water partition coefficient (Wildman–Crippen LogP) is 6.96. The number of hydrogen-bond donors (Lipinski definition) is 0. The van der Waals surface area contributed by atoms with Crippen LogP contribution in [0.25, 0.3) is 10.8 Å². The minimum atomic E-state index is 0.842. The van der Waals surface area contributed by atoms with Crippen molar-refractivity contribution in [3.8, 4) is 0 Å². The molecule has 22 heavy (non-hydrogen) atoms. The topological polar surface area (TPSA) is 0 Å². The Bertz CT molecular complexity index is 540. The van der Waals surface area contributed by atoms with Crippen molar-refractivity contribution in [2.24, 2.45) is 5.92 Å². The van der Waals surface area contributed by atoms with Crippen molar-refractivity contribution < 1.29 is 0 Å². The highest BCUT2D eigenvalue weighted by atomic mass is 14.1. The molecular formula is C22H31. The lowest BCUT2D eigenvalue weighted by atomic mass is 9.88. The molecule has 0 aliphatic carbocycles. The lowest BCUT2D eigenvalue weighted by molar-refractivity contribution is 0.410. The van der Waals surface area contributed by atoms with E-state index in [1.807, 2.05) is 0 Å². The zero-order chi connectivity index (χ0) is 15.6. The Balaban J connectivity index is 1.96. The van der Waals surface area contributed by atoms with Crippen LogP contribution in [-0.4, -0.2) is 0 Å². The van der Waals surface area contributed by atoms with Crippen molar-refractivity contribution in [1.82, 2.24) is 0 Å². The summed E-state index contributed by atoms with van der Waals surface area (Å²) in [5.41, 5.74) is 1.40. The molecule has 0 aliphatic rings. The Kier molecular flexibility index (Phi) is 7.49. The second-order valence-electron chi connectivity index (χ2n) is 6.63. The molecule has 1 radical (unpaired) electrons. The van der Waals surface area contributed by atoms with Crippen LogP contribution in [0.15, 0.2) is 36.4 Å². The summed E-state index contributed by atoms with van der Waals surface area (Å²) in [6.07, 6.45) is 12.2. The van der Waals surface area contributed by atoms with Gasteiger partial charge in [-0.25, -0.2) is 0 Å². The lowest BCUT2D eigenvalue weighted by Crippen LogP contribution is -2.05. The van der Waals surface area contributed by atoms with E-state index in [1.54, 1.807) is 0 Å². The van der Waals surface area contributed by atoms with Crippen molar-refractivity contribution in [3.63, 3.8) is 0 Å². The fraction of sp³-hybridized carbons (Fsp3) is 0.545. The van der Waals surface area contributed by atoms with Crippen molar-refractivity contribution >= 4 is 10.8 Å². The molecule has 2 aromatic rings. The van der Waals surface area contributed by atoms with Crippen LogP contribution < -0.4 is 0 Å². The first-order chi connectivity index (χ1) is 10.8. The molecular weight excluding hydrogens is 264 g/mol. The zero-order valence-electron chi connectivity index (χ0n) is 14.4. The van der Waals surface area contributed by atoms with E-state index in [0.717, 1.165) is 5.92 Å². The fourth-order valence-electron chi connectivity index (χ4n) is 3.29. The molecule has 0 aliphatic heterocycles. The van der Waals surface area contributed by atoms with Crippen molar-refractivity contribution in [1.29, 1.82) is 0 Å². The molecule has 0 heterocycles. The third-order valence-electron chi connectivity index (χ3n) is 4.66. The monoisotopic (exact) mass is 295 g/mol. The second-order valence-corrected chi connectivity index (χ2v) is 6.63. The van der Waals surface area contributed by atoms with Gasteiger partial charge in [-0.2, -0.15) is 0 Å². The first-order valence-corrected chi connectivity index (χ1v) is 9.23. The van der Waals surface area contributed by atoms with Gasteiger partial charge >= 0.3 is 0 Å². The van der Waals surface area contributed by atoms with Gasteiger partial charge in [-0.15, -0.1) is 0 Å². The van der Waals surface area contributed by atoms with Gasteiger partial charge < -0.3 is 0 Å². The zero-order valence-corrected chi connectivity index (χ0v) is 14.4. The van der Waals surface area contributed by atoms with Crippen LogP contribution >= 0.6 is 0 Å². The SMILES string of the molecule is CCCCCCC(CCCC)Cc1[c]c2ccccc2cc1. The summed E-state index contributed by atoms with van der Waals surface area (Å²) in [4.78, 5) is 0. The molecule has 0 spiro atoms. The first-order valence-electron chi connectivity index (χ1n) is 9.23. The van der Waals surface area contributed by atoms with E-state index in [4.69, 9.17) is 0 Å². The van der Waals surface area contributed by atoms with Crippen molar-refractivity contribution in [3.05, 3.63) is 48.0 Å². The van der Waals surface area contributed by atoms with Crippen molar-refractivity contribution in [2.75, 3.05) is 0 Å². The van der Waals surface area contributed by atoms with Gasteiger partial charge in [-0.05, 0) is 34.7 Å². The van der Waals surface area contributed by atoms with E-state index in [2.05, 4.69) is 56.3 Å². The molecule has 0 nitrogen and oxygen atoms in total. The number of unbranched alkanes of at least 4 members (excludes halogenated alkanes) is 4. The van der Waals surface area contributed by atoms with Crippen LogP contribution in [0, 0.1) is 12.0 Å². The molecule has 2 rings (SSSR count). The van der Waals surface area contributed by atoms with E-state index in [9.17, 15) is 0 Å². The molecule has 0 heteroatoms. The maximum absolute atomic E-state index is 3.64. The predicted molar refractivity (Wildman–Crippen MR) is 98.3 cm³/mol. The summed E-state index contributed by atoms with van der Waals surface area (Å²) >= 11 is 0. The van der Waals surface area contributed by atoms with Gasteiger partial charge in [0, 0.05) is 0 Å². The molecule has 0 bridgehead atoms.